The van der Waals surface area contributed by atoms with E-state index < -0.39 is 10.0 Å². The van der Waals surface area contributed by atoms with E-state index in [1.54, 1.807) is 28.6 Å². The van der Waals surface area contributed by atoms with E-state index in [9.17, 15) is 13.2 Å². The summed E-state index contributed by atoms with van der Waals surface area (Å²) in [5.41, 5.74) is 3.78. The molecule has 3 aromatic rings. The number of thiazole rings is 1. The number of anilines is 1. The van der Waals surface area contributed by atoms with Crippen LogP contribution in [-0.2, 0) is 22.9 Å². The van der Waals surface area contributed by atoms with Crippen LogP contribution in [0.4, 0.5) is 5.13 Å². The Bertz CT molecular complexity index is 1290. The number of rotatable bonds is 6. The van der Waals surface area contributed by atoms with Crippen LogP contribution in [0.2, 0.25) is 0 Å². The Morgan fingerprint density at radius 1 is 1.06 bits per heavy atom. The Morgan fingerprint density at radius 2 is 1.79 bits per heavy atom. The van der Waals surface area contributed by atoms with Crippen molar-refractivity contribution in [1.29, 1.82) is 0 Å². The lowest BCUT2D eigenvalue weighted by molar-refractivity contribution is 0.102. The Morgan fingerprint density at radius 3 is 2.53 bits per heavy atom. The zero-order valence-corrected chi connectivity index (χ0v) is 20.9. The summed E-state index contributed by atoms with van der Waals surface area (Å²) in [6.45, 7) is 2.34. The van der Waals surface area contributed by atoms with Gasteiger partial charge < -0.3 is 0 Å². The molecule has 1 amide bonds. The zero-order valence-electron chi connectivity index (χ0n) is 19.3. The third-order valence-corrected chi connectivity index (χ3v) is 9.90. The van der Waals surface area contributed by atoms with Crippen LogP contribution in [0.3, 0.4) is 0 Å². The van der Waals surface area contributed by atoms with Gasteiger partial charge in [0.15, 0.2) is 5.13 Å². The van der Waals surface area contributed by atoms with Crippen LogP contribution in [0, 0.1) is 0 Å². The van der Waals surface area contributed by atoms with Crippen molar-refractivity contribution in [2.24, 2.45) is 0 Å². The van der Waals surface area contributed by atoms with Crippen LogP contribution in [-0.4, -0.2) is 36.2 Å². The summed E-state index contributed by atoms with van der Waals surface area (Å²) in [5, 5.41) is 3.47. The van der Waals surface area contributed by atoms with Crippen LogP contribution in [0.25, 0.3) is 11.3 Å². The minimum atomic E-state index is -3.59. The molecule has 0 spiro atoms. The number of benzene rings is 2. The third kappa shape index (κ3) is 4.42. The maximum atomic E-state index is 13.3. The van der Waals surface area contributed by atoms with E-state index >= 15 is 0 Å². The van der Waals surface area contributed by atoms with Gasteiger partial charge in [0.25, 0.3) is 5.91 Å². The Labute approximate surface area is 205 Å². The first kappa shape index (κ1) is 23.2. The second kappa shape index (κ2) is 9.60. The molecule has 2 aliphatic rings. The van der Waals surface area contributed by atoms with Gasteiger partial charge in [0.2, 0.25) is 10.0 Å². The van der Waals surface area contributed by atoms with Gasteiger partial charge >= 0.3 is 0 Å². The number of aromatic nitrogens is 1. The summed E-state index contributed by atoms with van der Waals surface area (Å²) in [4.78, 5) is 19.0. The first-order valence-corrected chi connectivity index (χ1v) is 14.2. The molecule has 0 bridgehead atoms. The molecule has 1 saturated carbocycles. The topological polar surface area (TPSA) is 79.4 Å². The lowest BCUT2D eigenvalue weighted by Gasteiger charge is -2.32. The summed E-state index contributed by atoms with van der Waals surface area (Å²) in [5.74, 6) is -0.289. The highest BCUT2D eigenvalue weighted by Crippen LogP contribution is 2.38. The van der Waals surface area contributed by atoms with E-state index in [1.165, 1.54) is 28.2 Å². The summed E-state index contributed by atoms with van der Waals surface area (Å²) in [7, 11) is -3.59. The summed E-state index contributed by atoms with van der Waals surface area (Å²) in [6, 6.07) is 14.6. The third-order valence-electron chi connectivity index (χ3n) is 6.83. The Kier molecular flexibility index (Phi) is 6.55. The van der Waals surface area contributed by atoms with Gasteiger partial charge in [-0.05, 0) is 55.5 Å². The number of hydrogen-bond acceptors (Lipinski definition) is 5. The zero-order chi connectivity index (χ0) is 23.7. The number of amides is 1. The maximum Gasteiger partial charge on any atom is 0.257 e. The number of nitrogens with one attached hydrogen (secondary N) is 1. The number of carbonyl (C=O) groups excluding carboxylic acids is 1. The molecule has 0 atom stereocenters. The van der Waals surface area contributed by atoms with E-state index in [0.717, 1.165) is 49.8 Å². The Hall–Kier alpha value is -2.55. The average Bonchev–Trinajstić information content (AvgIpc) is 3.28. The molecule has 0 aliphatic heterocycles. The predicted molar refractivity (Wildman–Crippen MR) is 136 cm³/mol. The van der Waals surface area contributed by atoms with Gasteiger partial charge in [0.1, 0.15) is 0 Å². The highest BCUT2D eigenvalue weighted by molar-refractivity contribution is 7.89. The van der Waals surface area contributed by atoms with Crippen molar-refractivity contribution in [2.75, 3.05) is 11.9 Å². The van der Waals surface area contributed by atoms with Crippen molar-refractivity contribution >= 4 is 32.4 Å². The minimum Gasteiger partial charge on any atom is -0.298 e. The molecular formula is C26H29N3O3S2. The molecule has 8 heteroatoms. The first-order chi connectivity index (χ1) is 16.5. The molecule has 1 heterocycles. The Balaban J connectivity index is 1.31. The molecule has 2 aromatic carbocycles. The largest absolute Gasteiger partial charge is 0.298 e. The summed E-state index contributed by atoms with van der Waals surface area (Å²) >= 11 is 1.51. The van der Waals surface area contributed by atoms with Gasteiger partial charge in [0, 0.05) is 28.6 Å². The number of fused-ring (bicyclic) bond motifs is 3. The molecule has 0 unspecified atom stereocenters. The molecule has 178 valence electrons. The van der Waals surface area contributed by atoms with Gasteiger partial charge in [-0.1, -0.05) is 50.5 Å². The fourth-order valence-corrected chi connectivity index (χ4v) is 7.74. The van der Waals surface area contributed by atoms with E-state index in [-0.39, 0.29) is 16.8 Å². The summed E-state index contributed by atoms with van der Waals surface area (Å²) in [6.07, 6.45) is 7.03. The lowest BCUT2D eigenvalue weighted by Crippen LogP contribution is -2.41. The predicted octanol–water partition coefficient (Wildman–Crippen LogP) is 5.50. The summed E-state index contributed by atoms with van der Waals surface area (Å²) < 4.78 is 28.2. The minimum absolute atomic E-state index is 0.0628. The van der Waals surface area contributed by atoms with Crippen LogP contribution in [0.1, 0.15) is 59.8 Å². The molecule has 1 N–H and O–H groups in total. The van der Waals surface area contributed by atoms with Crippen LogP contribution < -0.4 is 5.32 Å². The molecule has 1 fully saturated rings. The van der Waals surface area contributed by atoms with E-state index in [1.807, 2.05) is 19.1 Å². The number of aryl methyl sites for hydroxylation is 2. The number of carbonyl (C=O) groups is 1. The van der Waals surface area contributed by atoms with Crippen LogP contribution in [0.5, 0.6) is 0 Å². The molecular weight excluding hydrogens is 466 g/mol. The number of sulfonamides is 1. The van der Waals surface area contributed by atoms with Crippen molar-refractivity contribution < 1.29 is 13.2 Å². The quantitative estimate of drug-likeness (QED) is 0.489. The average molecular weight is 496 g/mol. The molecule has 1 aromatic heterocycles. The lowest BCUT2D eigenvalue weighted by atomic mass is 9.94. The smallest absolute Gasteiger partial charge is 0.257 e. The molecule has 5 rings (SSSR count). The standard InChI is InChI=1S/C26H29N3O3S2/c1-2-29(20-9-4-3-5-10-20)34(31,32)21-15-12-19(13-16-21)25(30)28-26-27-24-22-11-7-6-8-18(22)14-17-23(24)33-26/h6-8,11-13,15-16,20H,2-5,9-10,14,17H2,1H3,(H,27,28,30). The highest BCUT2D eigenvalue weighted by atomic mass is 32.2. The molecule has 34 heavy (non-hydrogen) atoms. The number of nitrogens with zero attached hydrogens (tertiary/aromatic N) is 2. The normalized spacial score (nSPS) is 16.2. The monoisotopic (exact) mass is 495 g/mol. The van der Waals surface area contributed by atoms with Gasteiger partial charge in [-0.15, -0.1) is 11.3 Å². The molecule has 0 saturated heterocycles. The molecule has 2 aliphatic carbocycles. The highest BCUT2D eigenvalue weighted by Gasteiger charge is 2.31. The second-order valence-electron chi connectivity index (χ2n) is 8.93. The maximum absolute atomic E-state index is 13.3. The number of hydrogen-bond donors (Lipinski definition) is 1. The van der Waals surface area contributed by atoms with Gasteiger partial charge in [-0.2, -0.15) is 4.31 Å². The van der Waals surface area contributed by atoms with Gasteiger partial charge in [-0.3, -0.25) is 10.1 Å². The fraction of sp³-hybridized carbons (Fsp3) is 0.385. The van der Waals surface area contributed by atoms with Gasteiger partial charge in [0.05, 0.1) is 10.6 Å². The van der Waals surface area contributed by atoms with Crippen molar-refractivity contribution in [1.82, 2.24) is 9.29 Å². The van der Waals surface area contributed by atoms with Crippen molar-refractivity contribution in [3.63, 3.8) is 0 Å². The van der Waals surface area contributed by atoms with E-state index in [4.69, 9.17) is 0 Å². The fourth-order valence-electron chi connectivity index (χ4n) is 5.08. The first-order valence-electron chi connectivity index (χ1n) is 12.0. The van der Waals surface area contributed by atoms with Crippen LogP contribution >= 0.6 is 11.3 Å². The van der Waals surface area contributed by atoms with Gasteiger partial charge in [-0.25, -0.2) is 13.4 Å². The van der Waals surface area contributed by atoms with Crippen molar-refractivity contribution in [3.8, 4) is 11.3 Å². The van der Waals surface area contributed by atoms with Crippen molar-refractivity contribution in [2.45, 2.75) is 62.8 Å². The molecule has 6 nitrogen and oxygen atoms in total. The van der Waals surface area contributed by atoms with Crippen LogP contribution in [0.15, 0.2) is 53.4 Å². The molecule has 0 radical (unpaired) electrons. The second-order valence-corrected chi connectivity index (χ2v) is 11.9. The van der Waals surface area contributed by atoms with E-state index in [0.29, 0.717) is 17.2 Å². The van der Waals surface area contributed by atoms with Crippen molar-refractivity contribution in [3.05, 3.63) is 64.5 Å². The SMILES string of the molecule is CCN(C1CCCCC1)S(=O)(=O)c1ccc(C(=O)Nc2nc3c(s2)CCc2ccccc2-3)cc1. The van der Waals surface area contributed by atoms with E-state index in [2.05, 4.69) is 22.4 Å².